The fraction of sp³-hybridized carbons (Fsp3) is 0.400. The molecule has 0 radical (unpaired) electrons. The SMILES string of the molecule is Cc1nn(C)c(C)c1CCC(=O)NCc1ccc(C(=O)O)o1. The van der Waals surface area contributed by atoms with Gasteiger partial charge in [0.1, 0.15) is 5.76 Å². The van der Waals surface area contributed by atoms with Crippen molar-refractivity contribution in [2.45, 2.75) is 33.2 Å². The Morgan fingerprint density at radius 3 is 2.64 bits per heavy atom. The highest BCUT2D eigenvalue weighted by atomic mass is 16.4. The minimum atomic E-state index is -1.12. The summed E-state index contributed by atoms with van der Waals surface area (Å²) in [5.41, 5.74) is 3.08. The maximum absolute atomic E-state index is 11.9. The summed E-state index contributed by atoms with van der Waals surface area (Å²) in [6.07, 6.45) is 0.968. The number of hydrogen-bond donors (Lipinski definition) is 2. The van der Waals surface area contributed by atoms with Crippen molar-refractivity contribution in [3.8, 4) is 0 Å². The maximum Gasteiger partial charge on any atom is 0.371 e. The Morgan fingerprint density at radius 2 is 2.09 bits per heavy atom. The number of carbonyl (C=O) groups excluding carboxylic acids is 1. The van der Waals surface area contributed by atoms with Crippen LogP contribution in [0.25, 0.3) is 0 Å². The zero-order valence-electron chi connectivity index (χ0n) is 12.8. The van der Waals surface area contributed by atoms with E-state index in [-0.39, 0.29) is 18.2 Å². The van der Waals surface area contributed by atoms with Gasteiger partial charge in [-0.1, -0.05) is 0 Å². The first-order chi connectivity index (χ1) is 10.4. The van der Waals surface area contributed by atoms with E-state index in [4.69, 9.17) is 9.52 Å². The number of aryl methyl sites for hydroxylation is 2. The van der Waals surface area contributed by atoms with Gasteiger partial charge in [-0.05, 0) is 38.0 Å². The number of rotatable bonds is 6. The van der Waals surface area contributed by atoms with Crippen LogP contribution in [-0.2, 0) is 24.8 Å². The van der Waals surface area contributed by atoms with Crippen LogP contribution in [0, 0.1) is 13.8 Å². The van der Waals surface area contributed by atoms with Crippen molar-refractivity contribution in [2.24, 2.45) is 7.05 Å². The summed E-state index contributed by atoms with van der Waals surface area (Å²) in [6.45, 7) is 4.08. The minimum Gasteiger partial charge on any atom is -0.475 e. The van der Waals surface area contributed by atoms with Gasteiger partial charge in [-0.15, -0.1) is 0 Å². The van der Waals surface area contributed by atoms with E-state index in [1.165, 1.54) is 6.07 Å². The molecule has 0 saturated heterocycles. The van der Waals surface area contributed by atoms with Crippen LogP contribution in [0.4, 0.5) is 0 Å². The van der Waals surface area contributed by atoms with E-state index in [1.807, 2.05) is 20.9 Å². The average molecular weight is 305 g/mol. The Kier molecular flexibility index (Phi) is 4.65. The summed E-state index contributed by atoms with van der Waals surface area (Å²) in [5, 5.41) is 15.8. The molecule has 0 spiro atoms. The summed E-state index contributed by atoms with van der Waals surface area (Å²) >= 11 is 0. The summed E-state index contributed by atoms with van der Waals surface area (Å²) < 4.78 is 6.88. The lowest BCUT2D eigenvalue weighted by molar-refractivity contribution is -0.121. The largest absolute Gasteiger partial charge is 0.475 e. The molecule has 0 aromatic carbocycles. The second kappa shape index (κ2) is 6.46. The monoisotopic (exact) mass is 305 g/mol. The van der Waals surface area contributed by atoms with Gasteiger partial charge in [0.05, 0.1) is 12.2 Å². The highest BCUT2D eigenvalue weighted by Gasteiger charge is 2.12. The van der Waals surface area contributed by atoms with Crippen molar-refractivity contribution >= 4 is 11.9 Å². The van der Waals surface area contributed by atoms with Gasteiger partial charge >= 0.3 is 5.97 Å². The number of aromatic nitrogens is 2. The molecule has 7 heteroatoms. The Labute approximate surface area is 127 Å². The Bertz CT molecular complexity index is 700. The molecule has 2 rings (SSSR count). The highest BCUT2D eigenvalue weighted by molar-refractivity contribution is 5.84. The summed E-state index contributed by atoms with van der Waals surface area (Å²) in [4.78, 5) is 22.6. The van der Waals surface area contributed by atoms with Gasteiger partial charge in [-0.2, -0.15) is 5.10 Å². The lowest BCUT2D eigenvalue weighted by Crippen LogP contribution is -2.22. The van der Waals surface area contributed by atoms with Gasteiger partial charge in [-0.25, -0.2) is 4.79 Å². The normalized spacial score (nSPS) is 10.7. The van der Waals surface area contributed by atoms with E-state index in [0.717, 1.165) is 17.0 Å². The molecule has 0 aliphatic heterocycles. The van der Waals surface area contributed by atoms with Crippen LogP contribution in [0.5, 0.6) is 0 Å². The van der Waals surface area contributed by atoms with E-state index < -0.39 is 5.97 Å². The van der Waals surface area contributed by atoms with Crippen molar-refractivity contribution in [2.75, 3.05) is 0 Å². The Morgan fingerprint density at radius 1 is 1.36 bits per heavy atom. The van der Waals surface area contributed by atoms with Gasteiger partial charge in [0.2, 0.25) is 11.7 Å². The lowest BCUT2D eigenvalue weighted by Gasteiger charge is -2.04. The molecule has 2 heterocycles. The Hall–Kier alpha value is -2.57. The van der Waals surface area contributed by atoms with Crippen LogP contribution in [0.1, 0.15) is 39.7 Å². The number of nitrogens with one attached hydrogen (secondary N) is 1. The molecule has 0 aliphatic carbocycles. The van der Waals surface area contributed by atoms with Crippen molar-refractivity contribution in [3.63, 3.8) is 0 Å². The molecule has 0 bridgehead atoms. The molecule has 1 amide bonds. The molecule has 118 valence electrons. The number of carbonyl (C=O) groups is 2. The zero-order chi connectivity index (χ0) is 16.3. The molecule has 0 saturated carbocycles. The molecular formula is C15H19N3O4. The van der Waals surface area contributed by atoms with E-state index >= 15 is 0 Å². The predicted molar refractivity (Wildman–Crippen MR) is 78.5 cm³/mol. The number of nitrogens with zero attached hydrogens (tertiary/aromatic N) is 2. The minimum absolute atomic E-state index is 0.115. The molecule has 0 aliphatic rings. The van der Waals surface area contributed by atoms with Crippen LogP contribution >= 0.6 is 0 Å². The summed E-state index contributed by atoms with van der Waals surface area (Å²) in [6, 6.07) is 2.91. The first-order valence-electron chi connectivity index (χ1n) is 6.96. The fourth-order valence-corrected chi connectivity index (χ4v) is 2.28. The second-order valence-electron chi connectivity index (χ2n) is 5.12. The lowest BCUT2D eigenvalue weighted by atomic mass is 10.1. The third-order valence-corrected chi connectivity index (χ3v) is 3.59. The van der Waals surface area contributed by atoms with Gasteiger partial charge in [0, 0.05) is 19.2 Å². The van der Waals surface area contributed by atoms with Gasteiger partial charge in [0.25, 0.3) is 0 Å². The quantitative estimate of drug-likeness (QED) is 0.844. The molecule has 2 N–H and O–H groups in total. The van der Waals surface area contributed by atoms with E-state index in [9.17, 15) is 9.59 Å². The van der Waals surface area contributed by atoms with Gasteiger partial charge < -0.3 is 14.8 Å². The smallest absolute Gasteiger partial charge is 0.371 e. The number of amides is 1. The number of carboxylic acid groups (broad SMARTS) is 1. The second-order valence-corrected chi connectivity index (χ2v) is 5.12. The molecule has 0 atom stereocenters. The molecule has 7 nitrogen and oxygen atoms in total. The topological polar surface area (TPSA) is 97.4 Å². The number of furan rings is 1. The van der Waals surface area contributed by atoms with Crippen LogP contribution < -0.4 is 5.32 Å². The molecule has 0 unspecified atom stereocenters. The molecular weight excluding hydrogens is 286 g/mol. The first kappa shape index (κ1) is 15.8. The van der Waals surface area contributed by atoms with Crippen molar-refractivity contribution in [3.05, 3.63) is 40.6 Å². The van der Waals surface area contributed by atoms with E-state index in [0.29, 0.717) is 18.6 Å². The number of hydrogen-bond acceptors (Lipinski definition) is 4. The molecule has 0 fully saturated rings. The zero-order valence-corrected chi connectivity index (χ0v) is 12.8. The van der Waals surface area contributed by atoms with Crippen molar-refractivity contribution in [1.29, 1.82) is 0 Å². The van der Waals surface area contributed by atoms with Crippen molar-refractivity contribution < 1.29 is 19.1 Å². The fourth-order valence-electron chi connectivity index (χ4n) is 2.28. The van der Waals surface area contributed by atoms with Crippen LogP contribution in [0.3, 0.4) is 0 Å². The summed E-state index contributed by atoms with van der Waals surface area (Å²) in [5.74, 6) is -0.957. The maximum atomic E-state index is 11.9. The van der Waals surface area contributed by atoms with Crippen LogP contribution in [0.2, 0.25) is 0 Å². The summed E-state index contributed by atoms with van der Waals surface area (Å²) in [7, 11) is 1.88. The van der Waals surface area contributed by atoms with Gasteiger partial charge in [0.15, 0.2) is 0 Å². The van der Waals surface area contributed by atoms with Crippen LogP contribution in [0.15, 0.2) is 16.5 Å². The predicted octanol–water partition coefficient (Wildman–Crippen LogP) is 1.58. The van der Waals surface area contributed by atoms with E-state index in [1.54, 1.807) is 10.7 Å². The third-order valence-electron chi connectivity index (χ3n) is 3.59. The molecule has 2 aromatic heterocycles. The number of aromatic carboxylic acids is 1. The average Bonchev–Trinajstić information content (AvgIpc) is 3.02. The van der Waals surface area contributed by atoms with Crippen LogP contribution in [-0.4, -0.2) is 26.8 Å². The molecule has 2 aromatic rings. The first-order valence-corrected chi connectivity index (χ1v) is 6.96. The van der Waals surface area contributed by atoms with Crippen molar-refractivity contribution in [1.82, 2.24) is 15.1 Å². The number of carboxylic acids is 1. The standard InChI is InChI=1S/C15H19N3O4/c1-9-12(10(2)18(3)17-9)5-7-14(19)16-8-11-4-6-13(22-11)15(20)21/h4,6H,5,7-8H2,1-3H3,(H,16,19)(H,20,21). The third kappa shape index (κ3) is 3.55. The highest BCUT2D eigenvalue weighted by Crippen LogP contribution is 2.14. The van der Waals surface area contributed by atoms with Gasteiger partial charge in [-0.3, -0.25) is 9.48 Å². The Balaban J connectivity index is 1.84. The molecule has 22 heavy (non-hydrogen) atoms. The van der Waals surface area contributed by atoms with E-state index in [2.05, 4.69) is 10.4 Å².